The van der Waals surface area contributed by atoms with E-state index in [1.54, 1.807) is 0 Å². The highest BCUT2D eigenvalue weighted by atomic mass is 35.5. The van der Waals surface area contributed by atoms with Crippen molar-refractivity contribution in [2.24, 2.45) is 0 Å². The Labute approximate surface area is 129 Å². The van der Waals surface area contributed by atoms with Gasteiger partial charge in [-0.2, -0.15) is 11.8 Å². The summed E-state index contributed by atoms with van der Waals surface area (Å²) in [6.45, 7) is 2.91. The Morgan fingerprint density at radius 1 is 1.55 bits per heavy atom. The van der Waals surface area contributed by atoms with Gasteiger partial charge in [0.2, 0.25) is 0 Å². The molecule has 6 heteroatoms. The number of hydrogen-bond acceptors (Lipinski definition) is 4. The van der Waals surface area contributed by atoms with E-state index in [1.807, 2.05) is 22.6 Å². The number of thioether (sulfide) groups is 1. The Kier molecular flexibility index (Phi) is 4.58. The van der Waals surface area contributed by atoms with Crippen LogP contribution < -0.4 is 0 Å². The van der Waals surface area contributed by atoms with Crippen molar-refractivity contribution in [1.82, 2.24) is 15.0 Å². The number of halogens is 1. The maximum atomic E-state index is 6.24. The molecular weight excluding hydrogens is 294 g/mol. The van der Waals surface area contributed by atoms with Crippen molar-refractivity contribution in [2.45, 2.75) is 56.0 Å². The molecule has 0 radical (unpaired) electrons. The molecule has 2 saturated heterocycles. The molecule has 0 N–H and O–H groups in total. The van der Waals surface area contributed by atoms with E-state index in [0.717, 1.165) is 31.6 Å². The summed E-state index contributed by atoms with van der Waals surface area (Å²) in [6.07, 6.45) is 7.34. The van der Waals surface area contributed by atoms with Gasteiger partial charge in [-0.15, -0.1) is 16.7 Å². The molecule has 2 aliphatic rings. The van der Waals surface area contributed by atoms with E-state index >= 15 is 0 Å². The van der Waals surface area contributed by atoms with Crippen LogP contribution in [0.25, 0.3) is 0 Å². The van der Waals surface area contributed by atoms with Gasteiger partial charge < -0.3 is 4.74 Å². The zero-order chi connectivity index (χ0) is 14.0. The summed E-state index contributed by atoms with van der Waals surface area (Å²) < 4.78 is 8.15. The molecule has 0 bridgehead atoms. The van der Waals surface area contributed by atoms with Gasteiger partial charge in [-0.25, -0.2) is 4.68 Å². The lowest BCUT2D eigenvalue weighted by atomic mass is 9.85. The number of hydrogen-bond donors (Lipinski definition) is 0. The molecule has 2 fully saturated rings. The van der Waals surface area contributed by atoms with Gasteiger partial charge in [-0.1, -0.05) is 12.1 Å². The maximum absolute atomic E-state index is 6.24. The molecule has 4 nitrogen and oxygen atoms in total. The lowest BCUT2D eigenvalue weighted by molar-refractivity contribution is -0.100. The third-order valence-corrected chi connectivity index (χ3v) is 5.97. The van der Waals surface area contributed by atoms with E-state index in [-0.39, 0.29) is 11.0 Å². The smallest absolute Gasteiger partial charge is 0.101 e. The molecule has 1 aromatic heterocycles. The van der Waals surface area contributed by atoms with Gasteiger partial charge in [0, 0.05) is 6.61 Å². The van der Waals surface area contributed by atoms with Crippen LogP contribution in [0.15, 0.2) is 6.20 Å². The third kappa shape index (κ3) is 3.00. The fourth-order valence-electron chi connectivity index (χ4n) is 3.14. The first-order valence-electron chi connectivity index (χ1n) is 7.50. The molecule has 2 unspecified atom stereocenters. The van der Waals surface area contributed by atoms with E-state index in [0.29, 0.717) is 6.04 Å². The Balaban J connectivity index is 1.71. The quantitative estimate of drug-likeness (QED) is 0.799. The summed E-state index contributed by atoms with van der Waals surface area (Å²) >= 11 is 8.28. The van der Waals surface area contributed by atoms with Crippen molar-refractivity contribution in [2.75, 3.05) is 18.1 Å². The lowest BCUT2D eigenvalue weighted by Crippen LogP contribution is -2.43. The maximum Gasteiger partial charge on any atom is 0.101 e. The van der Waals surface area contributed by atoms with Crippen LogP contribution >= 0.6 is 23.4 Å². The summed E-state index contributed by atoms with van der Waals surface area (Å²) in [5.41, 5.74) is 0.986. The second-order valence-electron chi connectivity index (χ2n) is 5.79. The van der Waals surface area contributed by atoms with Gasteiger partial charge in [-0.3, -0.25) is 0 Å². The zero-order valence-electron chi connectivity index (χ0n) is 11.9. The standard InChI is InChI=1S/C14H22ClN3OS/c1-2-12(15)13-10-18(17-16-13)11-3-6-19-14(9-11)4-7-20-8-5-14/h10-12H,2-9H2,1H3. The van der Waals surface area contributed by atoms with Crippen molar-refractivity contribution in [1.29, 1.82) is 0 Å². The van der Waals surface area contributed by atoms with Gasteiger partial charge in [-0.05, 0) is 43.6 Å². The van der Waals surface area contributed by atoms with Crippen molar-refractivity contribution < 1.29 is 4.74 Å². The first-order chi connectivity index (χ1) is 9.72. The summed E-state index contributed by atoms with van der Waals surface area (Å²) in [7, 11) is 0. The predicted octanol–water partition coefficient (Wildman–Crippen LogP) is 3.59. The first kappa shape index (κ1) is 14.7. The molecule has 20 heavy (non-hydrogen) atoms. The Hall–Kier alpha value is -0.260. The topological polar surface area (TPSA) is 39.9 Å². The van der Waals surface area contributed by atoms with E-state index in [2.05, 4.69) is 17.2 Å². The summed E-state index contributed by atoms with van der Waals surface area (Å²) in [4.78, 5) is 0. The van der Waals surface area contributed by atoms with E-state index < -0.39 is 0 Å². The second kappa shape index (κ2) is 6.24. The molecule has 0 amide bonds. The van der Waals surface area contributed by atoms with Crippen LogP contribution in [-0.4, -0.2) is 38.7 Å². The number of ether oxygens (including phenoxy) is 1. The SMILES string of the molecule is CCC(Cl)c1cn(C2CCOC3(CCSCC3)C2)nn1. The average Bonchev–Trinajstić information content (AvgIpc) is 2.97. The highest BCUT2D eigenvalue weighted by Gasteiger charge is 2.39. The number of aromatic nitrogens is 3. The van der Waals surface area contributed by atoms with E-state index in [9.17, 15) is 0 Å². The van der Waals surface area contributed by atoms with Crippen LogP contribution in [0.4, 0.5) is 0 Å². The van der Waals surface area contributed by atoms with Gasteiger partial charge >= 0.3 is 0 Å². The van der Waals surface area contributed by atoms with Crippen LogP contribution in [0.2, 0.25) is 0 Å². The van der Waals surface area contributed by atoms with Crippen molar-refractivity contribution in [3.63, 3.8) is 0 Å². The molecule has 112 valence electrons. The molecular formula is C14H22ClN3OS. The number of rotatable bonds is 3. The number of nitrogens with zero attached hydrogens (tertiary/aromatic N) is 3. The summed E-state index contributed by atoms with van der Waals surface area (Å²) in [6, 6.07) is 0.411. The van der Waals surface area contributed by atoms with Crippen molar-refractivity contribution in [3.8, 4) is 0 Å². The van der Waals surface area contributed by atoms with E-state index in [1.165, 1.54) is 24.3 Å². The Morgan fingerprint density at radius 2 is 2.35 bits per heavy atom. The zero-order valence-corrected chi connectivity index (χ0v) is 13.5. The van der Waals surface area contributed by atoms with Crippen LogP contribution in [-0.2, 0) is 4.74 Å². The van der Waals surface area contributed by atoms with Crippen molar-refractivity contribution >= 4 is 23.4 Å². The fraction of sp³-hybridized carbons (Fsp3) is 0.857. The first-order valence-corrected chi connectivity index (χ1v) is 9.09. The predicted molar refractivity (Wildman–Crippen MR) is 82.4 cm³/mol. The monoisotopic (exact) mass is 315 g/mol. The normalized spacial score (nSPS) is 27.6. The molecule has 3 rings (SSSR count). The highest BCUT2D eigenvalue weighted by molar-refractivity contribution is 7.99. The molecule has 0 saturated carbocycles. The van der Waals surface area contributed by atoms with Crippen molar-refractivity contribution in [3.05, 3.63) is 11.9 Å². The molecule has 3 heterocycles. The minimum atomic E-state index is -0.0244. The van der Waals surface area contributed by atoms with Gasteiger partial charge in [0.25, 0.3) is 0 Å². The third-order valence-electron chi connectivity index (χ3n) is 4.45. The van der Waals surface area contributed by atoms with Crippen LogP contribution in [0.5, 0.6) is 0 Å². The van der Waals surface area contributed by atoms with Crippen LogP contribution in [0.1, 0.15) is 56.1 Å². The van der Waals surface area contributed by atoms with E-state index in [4.69, 9.17) is 16.3 Å². The largest absolute Gasteiger partial charge is 0.375 e. The highest BCUT2D eigenvalue weighted by Crippen LogP contribution is 2.41. The fourth-order valence-corrected chi connectivity index (χ4v) is 4.48. The Morgan fingerprint density at radius 3 is 3.10 bits per heavy atom. The summed E-state index contributed by atoms with van der Waals surface area (Å²) in [5, 5.41) is 8.52. The molecule has 2 aliphatic heterocycles. The van der Waals surface area contributed by atoms with Crippen LogP contribution in [0.3, 0.4) is 0 Å². The van der Waals surface area contributed by atoms with Crippen LogP contribution in [0, 0.1) is 0 Å². The molecule has 0 aliphatic carbocycles. The lowest BCUT2D eigenvalue weighted by Gasteiger charge is -2.43. The molecule has 1 spiro atoms. The van der Waals surface area contributed by atoms with Gasteiger partial charge in [0.1, 0.15) is 5.69 Å². The minimum Gasteiger partial charge on any atom is -0.375 e. The molecule has 1 aromatic rings. The second-order valence-corrected chi connectivity index (χ2v) is 7.54. The average molecular weight is 316 g/mol. The van der Waals surface area contributed by atoms with Gasteiger partial charge in [0.05, 0.1) is 23.2 Å². The Bertz CT molecular complexity index is 442. The molecule has 0 aromatic carbocycles. The summed E-state index contributed by atoms with van der Waals surface area (Å²) in [5.74, 6) is 2.43. The number of alkyl halides is 1. The molecule has 2 atom stereocenters. The van der Waals surface area contributed by atoms with Gasteiger partial charge in [0.15, 0.2) is 0 Å². The minimum absolute atomic E-state index is 0.0244.